The molecule has 0 unspecified atom stereocenters. The number of hydrogen-bond acceptors (Lipinski definition) is 7. The molecule has 4 rings (SSSR count). The van der Waals surface area contributed by atoms with Crippen LogP contribution in [0.5, 0.6) is 11.5 Å². The highest BCUT2D eigenvalue weighted by molar-refractivity contribution is 7.99. The van der Waals surface area contributed by atoms with Gasteiger partial charge < -0.3 is 19.2 Å². The maximum absolute atomic E-state index is 13.6. The van der Waals surface area contributed by atoms with Crippen molar-refractivity contribution < 1.29 is 31.9 Å². The van der Waals surface area contributed by atoms with Gasteiger partial charge in [-0.3, -0.25) is 4.79 Å². The molecule has 0 saturated heterocycles. The van der Waals surface area contributed by atoms with Crippen LogP contribution in [0.2, 0.25) is 0 Å². The van der Waals surface area contributed by atoms with Crippen LogP contribution in [0.1, 0.15) is 0 Å². The number of anilines is 1. The molecule has 28 heavy (non-hydrogen) atoms. The SMILES string of the molecule is O=C(CSc1nnc(-c2ccc3c(c2)OCO3)o1)Nc1ccc(F)c(F)c1F. The Labute approximate surface area is 159 Å². The number of carbonyl (C=O) groups excluding carboxylic acids is 1. The zero-order chi connectivity index (χ0) is 19.7. The van der Waals surface area contributed by atoms with E-state index in [1.165, 1.54) is 0 Å². The third kappa shape index (κ3) is 3.60. The first-order chi connectivity index (χ1) is 13.5. The molecule has 1 aromatic heterocycles. The van der Waals surface area contributed by atoms with Crippen LogP contribution in [-0.4, -0.2) is 28.7 Å². The Hall–Kier alpha value is -3.21. The van der Waals surface area contributed by atoms with Crippen molar-refractivity contribution >= 4 is 23.4 Å². The largest absolute Gasteiger partial charge is 0.454 e. The van der Waals surface area contributed by atoms with Crippen molar-refractivity contribution in [1.29, 1.82) is 0 Å². The minimum absolute atomic E-state index is 0.105. The second-order valence-corrected chi connectivity index (χ2v) is 6.43. The predicted octanol–water partition coefficient (Wildman–Crippen LogP) is 3.61. The number of halogens is 3. The molecule has 0 atom stereocenters. The van der Waals surface area contributed by atoms with Crippen LogP contribution < -0.4 is 14.8 Å². The van der Waals surface area contributed by atoms with Crippen molar-refractivity contribution in [2.24, 2.45) is 0 Å². The lowest BCUT2D eigenvalue weighted by Crippen LogP contribution is -2.15. The summed E-state index contributed by atoms with van der Waals surface area (Å²) >= 11 is 0.903. The van der Waals surface area contributed by atoms with Crippen LogP contribution in [0.25, 0.3) is 11.5 Å². The molecular formula is C17H10F3N3O4S. The van der Waals surface area contributed by atoms with E-state index in [0.29, 0.717) is 17.1 Å². The quantitative estimate of drug-likeness (QED) is 0.509. The summed E-state index contributed by atoms with van der Waals surface area (Å²) in [6, 6.07) is 6.76. The monoisotopic (exact) mass is 409 g/mol. The molecule has 11 heteroatoms. The highest BCUT2D eigenvalue weighted by Gasteiger charge is 2.18. The molecule has 0 fully saturated rings. The Morgan fingerprint density at radius 3 is 2.75 bits per heavy atom. The Kier molecular flexibility index (Phi) is 4.82. The molecule has 1 amide bonds. The van der Waals surface area contributed by atoms with E-state index in [0.717, 1.165) is 23.9 Å². The summed E-state index contributed by atoms with van der Waals surface area (Å²) in [6.07, 6.45) is 0. The van der Waals surface area contributed by atoms with Crippen molar-refractivity contribution in [1.82, 2.24) is 10.2 Å². The molecule has 0 radical (unpaired) electrons. The fraction of sp³-hybridized carbons (Fsp3) is 0.118. The van der Waals surface area contributed by atoms with Gasteiger partial charge in [0.1, 0.15) is 0 Å². The van der Waals surface area contributed by atoms with Crippen LogP contribution in [0, 0.1) is 17.5 Å². The van der Waals surface area contributed by atoms with E-state index in [1.807, 2.05) is 0 Å². The van der Waals surface area contributed by atoms with Crippen LogP contribution in [0.15, 0.2) is 40.0 Å². The maximum atomic E-state index is 13.6. The molecule has 0 saturated carbocycles. The highest BCUT2D eigenvalue weighted by atomic mass is 32.2. The van der Waals surface area contributed by atoms with E-state index in [2.05, 4.69) is 15.5 Å². The van der Waals surface area contributed by atoms with Crippen LogP contribution in [-0.2, 0) is 4.79 Å². The Morgan fingerprint density at radius 1 is 1.07 bits per heavy atom. The normalized spacial score (nSPS) is 12.2. The molecule has 2 heterocycles. The first kappa shape index (κ1) is 18.2. The van der Waals surface area contributed by atoms with Crippen molar-refractivity contribution in [2.75, 3.05) is 17.9 Å². The number of fused-ring (bicyclic) bond motifs is 1. The summed E-state index contributed by atoms with van der Waals surface area (Å²) in [5.41, 5.74) is 0.146. The van der Waals surface area contributed by atoms with Gasteiger partial charge in [-0.2, -0.15) is 0 Å². The van der Waals surface area contributed by atoms with E-state index >= 15 is 0 Å². The van der Waals surface area contributed by atoms with E-state index in [4.69, 9.17) is 13.9 Å². The molecule has 0 aliphatic carbocycles. The summed E-state index contributed by atoms with van der Waals surface area (Å²) < 4.78 is 55.6. The lowest BCUT2D eigenvalue weighted by Gasteiger charge is -2.06. The van der Waals surface area contributed by atoms with Gasteiger partial charge in [-0.25, -0.2) is 13.2 Å². The molecule has 144 valence electrons. The Bertz CT molecular complexity index is 1060. The summed E-state index contributed by atoms with van der Waals surface area (Å²) in [5.74, 6) is -3.95. The topological polar surface area (TPSA) is 86.5 Å². The van der Waals surface area contributed by atoms with Crippen molar-refractivity contribution in [3.05, 3.63) is 47.8 Å². The van der Waals surface area contributed by atoms with Gasteiger partial charge in [0.25, 0.3) is 5.22 Å². The maximum Gasteiger partial charge on any atom is 0.277 e. The zero-order valence-electron chi connectivity index (χ0n) is 13.9. The number of carbonyl (C=O) groups is 1. The first-order valence-electron chi connectivity index (χ1n) is 7.81. The standard InChI is InChI=1S/C17H10F3N3O4S/c18-9-2-3-10(15(20)14(9)19)21-13(24)6-28-17-23-22-16(27-17)8-1-4-11-12(5-8)26-7-25-11/h1-5H,6-7H2,(H,21,24). The number of nitrogens with one attached hydrogen (secondary N) is 1. The van der Waals surface area contributed by atoms with E-state index in [1.54, 1.807) is 18.2 Å². The van der Waals surface area contributed by atoms with Gasteiger partial charge in [0.15, 0.2) is 29.0 Å². The van der Waals surface area contributed by atoms with Gasteiger partial charge >= 0.3 is 0 Å². The number of aromatic nitrogens is 2. The molecular weight excluding hydrogens is 399 g/mol. The number of amides is 1. The molecule has 2 aromatic carbocycles. The number of ether oxygens (including phenoxy) is 2. The van der Waals surface area contributed by atoms with Crippen molar-refractivity contribution in [2.45, 2.75) is 5.22 Å². The van der Waals surface area contributed by atoms with Crippen molar-refractivity contribution in [3.8, 4) is 23.0 Å². The van der Waals surface area contributed by atoms with Crippen LogP contribution in [0.4, 0.5) is 18.9 Å². The van der Waals surface area contributed by atoms with Crippen LogP contribution >= 0.6 is 11.8 Å². The second kappa shape index (κ2) is 7.43. The first-order valence-corrected chi connectivity index (χ1v) is 8.79. The fourth-order valence-corrected chi connectivity index (χ4v) is 2.91. The average molecular weight is 409 g/mol. The second-order valence-electron chi connectivity index (χ2n) is 5.50. The molecule has 3 aromatic rings. The number of benzene rings is 2. The van der Waals surface area contributed by atoms with E-state index < -0.39 is 29.0 Å². The number of nitrogens with zero attached hydrogens (tertiary/aromatic N) is 2. The lowest BCUT2D eigenvalue weighted by atomic mass is 10.2. The van der Waals surface area contributed by atoms with Gasteiger partial charge in [0.05, 0.1) is 11.4 Å². The summed E-state index contributed by atoms with van der Waals surface area (Å²) in [4.78, 5) is 11.9. The lowest BCUT2D eigenvalue weighted by molar-refractivity contribution is -0.113. The number of thioether (sulfide) groups is 1. The minimum atomic E-state index is -1.66. The third-order valence-electron chi connectivity index (χ3n) is 3.66. The summed E-state index contributed by atoms with van der Waals surface area (Å²) in [7, 11) is 0. The van der Waals surface area contributed by atoms with Gasteiger partial charge in [0, 0.05) is 5.56 Å². The summed E-state index contributed by atoms with van der Waals surface area (Å²) in [5, 5.41) is 9.97. The molecule has 0 spiro atoms. The fourth-order valence-electron chi connectivity index (χ4n) is 2.35. The summed E-state index contributed by atoms with van der Waals surface area (Å²) in [6.45, 7) is 0.136. The number of rotatable bonds is 5. The molecule has 0 bridgehead atoms. The predicted molar refractivity (Wildman–Crippen MR) is 91.5 cm³/mol. The smallest absolute Gasteiger partial charge is 0.277 e. The van der Waals surface area contributed by atoms with E-state index in [-0.39, 0.29) is 23.7 Å². The molecule has 7 nitrogen and oxygen atoms in total. The van der Waals surface area contributed by atoms with E-state index in [9.17, 15) is 18.0 Å². The average Bonchev–Trinajstić information content (AvgIpc) is 3.35. The van der Waals surface area contributed by atoms with Crippen molar-refractivity contribution in [3.63, 3.8) is 0 Å². The van der Waals surface area contributed by atoms with Gasteiger partial charge in [0.2, 0.25) is 18.6 Å². The molecule has 1 aliphatic rings. The molecule has 1 aliphatic heterocycles. The minimum Gasteiger partial charge on any atom is -0.454 e. The Morgan fingerprint density at radius 2 is 1.89 bits per heavy atom. The zero-order valence-corrected chi connectivity index (χ0v) is 14.7. The van der Waals surface area contributed by atoms with Gasteiger partial charge in [-0.05, 0) is 30.3 Å². The molecule has 1 N–H and O–H groups in total. The van der Waals surface area contributed by atoms with Gasteiger partial charge in [-0.1, -0.05) is 11.8 Å². The number of hydrogen-bond donors (Lipinski definition) is 1. The highest BCUT2D eigenvalue weighted by Crippen LogP contribution is 2.36. The van der Waals surface area contributed by atoms with Gasteiger partial charge in [-0.15, -0.1) is 10.2 Å². The van der Waals surface area contributed by atoms with Crippen LogP contribution in [0.3, 0.4) is 0 Å². The Balaban J connectivity index is 1.38. The third-order valence-corrected chi connectivity index (χ3v) is 4.48.